The molecule has 0 unspecified atom stereocenters. The third kappa shape index (κ3) is 2.63. The summed E-state index contributed by atoms with van der Waals surface area (Å²) in [4.78, 5) is 10.4. The Balaban J connectivity index is 1.97. The van der Waals surface area contributed by atoms with Gasteiger partial charge in [0, 0.05) is 12.0 Å². The average Bonchev–Trinajstić information content (AvgIpc) is 2.97. The van der Waals surface area contributed by atoms with Crippen LogP contribution in [0.3, 0.4) is 0 Å². The Morgan fingerprint density at radius 2 is 2.12 bits per heavy atom. The van der Waals surface area contributed by atoms with E-state index >= 15 is 0 Å². The van der Waals surface area contributed by atoms with Gasteiger partial charge in [0.15, 0.2) is 0 Å². The van der Waals surface area contributed by atoms with E-state index in [1.807, 2.05) is 30.3 Å². The molecule has 0 aliphatic heterocycles. The standard InChI is InChI=1S/C13H15NO2/c1-9(7-10-5-3-2-4-6-10)11-8-12(11)14-13(15)16/h2-7,11-12,14H,8H2,1H3,(H,15,16)/b9-7+/t11-,12+/m0/s1. The smallest absolute Gasteiger partial charge is 0.404 e. The quantitative estimate of drug-likeness (QED) is 0.817. The van der Waals surface area contributed by atoms with Crippen molar-refractivity contribution in [2.75, 3.05) is 0 Å². The molecule has 1 aromatic carbocycles. The first-order valence-electron chi connectivity index (χ1n) is 5.39. The minimum atomic E-state index is -0.931. The second-order valence-corrected chi connectivity index (χ2v) is 4.20. The van der Waals surface area contributed by atoms with Crippen molar-refractivity contribution in [1.82, 2.24) is 5.32 Å². The van der Waals surface area contributed by atoms with Crippen LogP contribution in [0.1, 0.15) is 18.9 Å². The molecule has 2 N–H and O–H groups in total. The summed E-state index contributed by atoms with van der Waals surface area (Å²) in [6, 6.07) is 10.2. The van der Waals surface area contributed by atoms with Crippen LogP contribution in [-0.2, 0) is 0 Å². The number of hydrogen-bond acceptors (Lipinski definition) is 1. The van der Waals surface area contributed by atoms with Crippen molar-refractivity contribution >= 4 is 12.2 Å². The highest BCUT2D eigenvalue weighted by atomic mass is 16.4. The number of nitrogens with one attached hydrogen (secondary N) is 1. The number of amides is 1. The first kappa shape index (κ1) is 10.7. The zero-order valence-electron chi connectivity index (χ0n) is 9.18. The molecule has 0 bridgehead atoms. The summed E-state index contributed by atoms with van der Waals surface area (Å²) < 4.78 is 0. The maximum atomic E-state index is 10.4. The lowest BCUT2D eigenvalue weighted by Gasteiger charge is -2.01. The molecule has 2 rings (SSSR count). The van der Waals surface area contributed by atoms with E-state index in [1.165, 1.54) is 11.1 Å². The van der Waals surface area contributed by atoms with Crippen molar-refractivity contribution in [2.45, 2.75) is 19.4 Å². The monoisotopic (exact) mass is 217 g/mol. The number of rotatable bonds is 3. The molecule has 3 heteroatoms. The lowest BCUT2D eigenvalue weighted by Crippen LogP contribution is -2.24. The van der Waals surface area contributed by atoms with Crippen molar-refractivity contribution in [1.29, 1.82) is 0 Å². The summed E-state index contributed by atoms with van der Waals surface area (Å²) in [5.74, 6) is 0.372. The molecule has 0 aromatic heterocycles. The van der Waals surface area contributed by atoms with Crippen LogP contribution < -0.4 is 5.32 Å². The second kappa shape index (κ2) is 4.39. The van der Waals surface area contributed by atoms with E-state index in [1.54, 1.807) is 0 Å². The molecule has 1 fully saturated rings. The van der Waals surface area contributed by atoms with Gasteiger partial charge in [-0.15, -0.1) is 0 Å². The molecule has 0 saturated heterocycles. The minimum absolute atomic E-state index is 0.109. The van der Waals surface area contributed by atoms with Crippen molar-refractivity contribution in [3.05, 3.63) is 41.5 Å². The Morgan fingerprint density at radius 1 is 1.44 bits per heavy atom. The van der Waals surface area contributed by atoms with Crippen molar-refractivity contribution in [3.8, 4) is 0 Å². The van der Waals surface area contributed by atoms with Gasteiger partial charge in [-0.25, -0.2) is 4.79 Å². The predicted octanol–water partition coefficient (Wildman–Crippen LogP) is 2.75. The largest absolute Gasteiger partial charge is 0.465 e. The van der Waals surface area contributed by atoms with Gasteiger partial charge >= 0.3 is 6.09 Å². The van der Waals surface area contributed by atoms with Crippen LogP contribution in [0.15, 0.2) is 35.9 Å². The summed E-state index contributed by atoms with van der Waals surface area (Å²) in [7, 11) is 0. The molecule has 1 aromatic rings. The highest BCUT2D eigenvalue weighted by Gasteiger charge is 2.39. The number of hydrogen-bond donors (Lipinski definition) is 2. The van der Waals surface area contributed by atoms with E-state index in [2.05, 4.69) is 18.3 Å². The van der Waals surface area contributed by atoms with Gasteiger partial charge in [-0.05, 0) is 18.9 Å². The summed E-state index contributed by atoms with van der Waals surface area (Å²) in [5.41, 5.74) is 2.41. The molecule has 1 aliphatic rings. The molecule has 1 aliphatic carbocycles. The Hall–Kier alpha value is -1.77. The van der Waals surface area contributed by atoms with Gasteiger partial charge in [0.2, 0.25) is 0 Å². The Bertz CT molecular complexity index is 411. The van der Waals surface area contributed by atoms with E-state index in [0.29, 0.717) is 5.92 Å². The molecule has 16 heavy (non-hydrogen) atoms. The van der Waals surface area contributed by atoms with Gasteiger partial charge < -0.3 is 10.4 Å². The summed E-state index contributed by atoms with van der Waals surface area (Å²) in [6.07, 6.45) is 2.11. The highest BCUT2D eigenvalue weighted by Crippen LogP contribution is 2.37. The van der Waals surface area contributed by atoms with Crippen molar-refractivity contribution in [2.24, 2.45) is 5.92 Å². The summed E-state index contributed by atoms with van der Waals surface area (Å²) in [5, 5.41) is 11.1. The lowest BCUT2D eigenvalue weighted by atomic mass is 10.1. The first-order valence-corrected chi connectivity index (χ1v) is 5.39. The SMILES string of the molecule is C/C(=C\c1ccccc1)[C@@H]1C[C@H]1NC(=O)O. The normalized spacial score (nSPS) is 23.9. The maximum absolute atomic E-state index is 10.4. The molecule has 3 nitrogen and oxygen atoms in total. The fourth-order valence-electron chi connectivity index (χ4n) is 1.94. The van der Waals surface area contributed by atoms with Gasteiger partial charge in [0.05, 0.1) is 0 Å². The topological polar surface area (TPSA) is 49.3 Å². The fraction of sp³-hybridized carbons (Fsp3) is 0.308. The summed E-state index contributed by atoms with van der Waals surface area (Å²) in [6.45, 7) is 2.06. The Morgan fingerprint density at radius 3 is 2.75 bits per heavy atom. The van der Waals surface area contributed by atoms with E-state index in [4.69, 9.17) is 5.11 Å². The first-order chi connectivity index (χ1) is 7.66. The van der Waals surface area contributed by atoms with Gasteiger partial charge in [-0.2, -0.15) is 0 Å². The Labute approximate surface area is 94.8 Å². The summed E-state index contributed by atoms with van der Waals surface area (Å²) >= 11 is 0. The molecule has 0 spiro atoms. The average molecular weight is 217 g/mol. The van der Waals surface area contributed by atoms with E-state index in [0.717, 1.165) is 6.42 Å². The number of carboxylic acid groups (broad SMARTS) is 1. The highest BCUT2D eigenvalue weighted by molar-refractivity contribution is 5.66. The third-order valence-corrected chi connectivity index (χ3v) is 2.88. The van der Waals surface area contributed by atoms with E-state index < -0.39 is 6.09 Å². The molecule has 0 radical (unpaired) electrons. The zero-order chi connectivity index (χ0) is 11.5. The van der Waals surface area contributed by atoms with Gasteiger partial charge in [-0.1, -0.05) is 42.0 Å². The van der Waals surface area contributed by atoms with Crippen LogP contribution in [0.25, 0.3) is 6.08 Å². The molecule has 0 heterocycles. The van der Waals surface area contributed by atoms with Gasteiger partial charge in [0.25, 0.3) is 0 Å². The molecule has 1 amide bonds. The maximum Gasteiger partial charge on any atom is 0.404 e. The Kier molecular flexibility index (Phi) is 2.95. The van der Waals surface area contributed by atoms with Crippen molar-refractivity contribution < 1.29 is 9.90 Å². The van der Waals surface area contributed by atoms with Gasteiger partial charge in [0.1, 0.15) is 0 Å². The van der Waals surface area contributed by atoms with Crippen LogP contribution in [0.5, 0.6) is 0 Å². The lowest BCUT2D eigenvalue weighted by molar-refractivity contribution is 0.193. The molecular weight excluding hydrogens is 202 g/mol. The molecule has 2 atom stereocenters. The minimum Gasteiger partial charge on any atom is -0.465 e. The second-order valence-electron chi connectivity index (χ2n) is 4.20. The van der Waals surface area contributed by atoms with Gasteiger partial charge in [-0.3, -0.25) is 0 Å². The predicted molar refractivity (Wildman–Crippen MR) is 63.1 cm³/mol. The molecule has 84 valence electrons. The third-order valence-electron chi connectivity index (χ3n) is 2.88. The van der Waals surface area contributed by atoms with Crippen LogP contribution in [0.2, 0.25) is 0 Å². The molecular formula is C13H15NO2. The van der Waals surface area contributed by atoms with Crippen LogP contribution >= 0.6 is 0 Å². The van der Waals surface area contributed by atoms with Crippen LogP contribution in [0.4, 0.5) is 4.79 Å². The van der Waals surface area contributed by atoms with Crippen LogP contribution in [-0.4, -0.2) is 17.2 Å². The molecule has 1 saturated carbocycles. The van der Waals surface area contributed by atoms with Crippen molar-refractivity contribution in [3.63, 3.8) is 0 Å². The number of carbonyl (C=O) groups is 1. The fourth-order valence-corrected chi connectivity index (χ4v) is 1.94. The van der Waals surface area contributed by atoms with E-state index in [9.17, 15) is 4.79 Å². The van der Waals surface area contributed by atoms with Crippen LogP contribution in [0, 0.1) is 5.92 Å². The zero-order valence-corrected chi connectivity index (χ0v) is 9.18. The van der Waals surface area contributed by atoms with E-state index in [-0.39, 0.29) is 6.04 Å². The number of benzene rings is 1.